The molecule has 0 aliphatic carbocycles. The molecule has 0 unspecified atom stereocenters. The number of hydrogen-bond donors (Lipinski definition) is 1. The molecule has 1 atom stereocenters. The molecular weight excluding hydrogens is 605 g/mol. The van der Waals surface area contributed by atoms with Crippen LogP contribution < -0.4 is 9.62 Å². The van der Waals surface area contributed by atoms with Gasteiger partial charge < -0.3 is 10.2 Å². The number of benzene rings is 3. The lowest BCUT2D eigenvalue weighted by molar-refractivity contribution is -0.141. The lowest BCUT2D eigenvalue weighted by atomic mass is 10.0. The van der Waals surface area contributed by atoms with E-state index in [2.05, 4.69) is 5.32 Å². The Morgan fingerprint density at radius 2 is 1.47 bits per heavy atom. The van der Waals surface area contributed by atoms with Crippen LogP contribution in [0.15, 0.2) is 71.6 Å². The van der Waals surface area contributed by atoms with Crippen molar-refractivity contribution in [3.05, 3.63) is 93.5 Å². The topological polar surface area (TPSA) is 86.8 Å². The van der Waals surface area contributed by atoms with Gasteiger partial charge in [-0.15, -0.1) is 0 Å². The Morgan fingerprint density at radius 1 is 0.907 bits per heavy atom. The van der Waals surface area contributed by atoms with Crippen LogP contribution in [-0.4, -0.2) is 43.3 Å². The van der Waals surface area contributed by atoms with E-state index in [4.69, 9.17) is 23.2 Å². The number of nitrogens with zero attached hydrogens (tertiary/aromatic N) is 2. The molecule has 0 saturated carbocycles. The highest BCUT2D eigenvalue weighted by Crippen LogP contribution is 2.29. The number of rotatable bonds is 11. The normalized spacial score (nSPS) is 12.6. The van der Waals surface area contributed by atoms with Gasteiger partial charge in [-0.3, -0.25) is 13.9 Å². The first-order valence-electron chi connectivity index (χ1n) is 14.3. The van der Waals surface area contributed by atoms with Crippen LogP contribution in [0.5, 0.6) is 0 Å². The van der Waals surface area contributed by atoms with Gasteiger partial charge in [0.2, 0.25) is 11.8 Å². The van der Waals surface area contributed by atoms with Crippen LogP contribution in [0, 0.1) is 6.92 Å². The third-order valence-corrected chi connectivity index (χ3v) is 9.51. The van der Waals surface area contributed by atoms with Crippen molar-refractivity contribution in [2.75, 3.05) is 10.8 Å². The second-order valence-corrected chi connectivity index (χ2v) is 14.6. The van der Waals surface area contributed by atoms with Gasteiger partial charge >= 0.3 is 0 Å². The Morgan fingerprint density at radius 3 is 1.95 bits per heavy atom. The minimum absolute atomic E-state index is 0.0528. The summed E-state index contributed by atoms with van der Waals surface area (Å²) in [7, 11) is -4.17. The third kappa shape index (κ3) is 8.74. The zero-order valence-corrected chi connectivity index (χ0v) is 28.1. The Bertz CT molecular complexity index is 1510. The SMILES string of the molecule is CC[C@@H](C(=O)NC(C)(C)C)N(Cc1c(Cl)cccc1Cl)C(=O)CN(c1ccc(C(C)C)cc1)S(=O)(=O)c1ccc(C)cc1. The maximum atomic E-state index is 14.3. The summed E-state index contributed by atoms with van der Waals surface area (Å²) in [4.78, 5) is 29.2. The molecule has 0 bridgehead atoms. The molecule has 0 aliphatic heterocycles. The predicted octanol–water partition coefficient (Wildman–Crippen LogP) is 7.34. The average molecular weight is 647 g/mol. The van der Waals surface area contributed by atoms with Crippen LogP contribution >= 0.6 is 23.2 Å². The molecule has 0 radical (unpaired) electrons. The van der Waals surface area contributed by atoms with Gasteiger partial charge in [-0.25, -0.2) is 8.42 Å². The van der Waals surface area contributed by atoms with E-state index in [-0.39, 0.29) is 29.7 Å². The number of aryl methyl sites for hydroxylation is 1. The Balaban J connectivity index is 2.13. The van der Waals surface area contributed by atoms with Crippen molar-refractivity contribution < 1.29 is 18.0 Å². The van der Waals surface area contributed by atoms with Crippen molar-refractivity contribution in [1.29, 1.82) is 0 Å². The Hall–Kier alpha value is -3.07. The average Bonchev–Trinajstić information content (AvgIpc) is 2.92. The molecule has 0 aromatic heterocycles. The number of halogens is 2. The number of anilines is 1. The number of hydrogen-bond acceptors (Lipinski definition) is 4. The zero-order chi connectivity index (χ0) is 32.1. The van der Waals surface area contributed by atoms with Crippen LogP contribution in [0.3, 0.4) is 0 Å². The monoisotopic (exact) mass is 645 g/mol. The molecule has 0 aliphatic rings. The second-order valence-electron chi connectivity index (χ2n) is 12.0. The molecule has 7 nitrogen and oxygen atoms in total. The molecule has 3 rings (SSSR count). The number of carbonyl (C=O) groups is 2. The molecule has 0 heterocycles. The summed E-state index contributed by atoms with van der Waals surface area (Å²) in [5.41, 5.74) is 2.18. The van der Waals surface area contributed by atoms with Crippen LogP contribution in [0.1, 0.15) is 70.6 Å². The quantitative estimate of drug-likeness (QED) is 0.236. The lowest BCUT2D eigenvalue weighted by Gasteiger charge is -2.35. The minimum Gasteiger partial charge on any atom is -0.350 e. The number of nitrogens with one attached hydrogen (secondary N) is 1. The summed E-state index contributed by atoms with van der Waals surface area (Å²) in [6.45, 7) is 12.7. The van der Waals surface area contributed by atoms with E-state index in [1.165, 1.54) is 17.0 Å². The van der Waals surface area contributed by atoms with Gasteiger partial charge in [-0.2, -0.15) is 0 Å². The van der Waals surface area contributed by atoms with E-state index in [1.807, 2.05) is 53.7 Å². The highest BCUT2D eigenvalue weighted by atomic mass is 35.5. The lowest BCUT2D eigenvalue weighted by Crippen LogP contribution is -2.55. The Labute approximate surface area is 266 Å². The standard InChI is InChI=1S/C33H41Cl2N3O4S/c1-8-30(32(40)36-33(5,6)7)37(20-27-28(34)10-9-11-29(27)35)31(39)21-38(25-16-14-24(15-17-25)22(2)3)43(41,42)26-18-12-23(4)13-19-26/h9-19,22,30H,8,20-21H2,1-7H3,(H,36,40)/t30-/m0/s1. The Kier molecular flexibility index (Phi) is 11.3. The van der Waals surface area contributed by atoms with E-state index in [0.29, 0.717) is 21.3 Å². The molecule has 0 spiro atoms. The van der Waals surface area contributed by atoms with Gasteiger partial charge in [0.05, 0.1) is 10.6 Å². The van der Waals surface area contributed by atoms with Gasteiger partial charge in [0.15, 0.2) is 0 Å². The van der Waals surface area contributed by atoms with E-state index < -0.39 is 34.1 Å². The summed E-state index contributed by atoms with van der Waals surface area (Å²) in [6.07, 6.45) is 0.281. The molecule has 3 aromatic carbocycles. The first kappa shape index (κ1) is 34.4. The highest BCUT2D eigenvalue weighted by Gasteiger charge is 2.35. The largest absolute Gasteiger partial charge is 0.350 e. The molecule has 0 fully saturated rings. The van der Waals surface area contributed by atoms with Crippen molar-refractivity contribution >= 4 is 50.7 Å². The molecule has 10 heteroatoms. The van der Waals surface area contributed by atoms with E-state index >= 15 is 0 Å². The first-order chi connectivity index (χ1) is 20.0. The molecular formula is C33H41Cl2N3O4S. The van der Waals surface area contributed by atoms with E-state index in [1.54, 1.807) is 49.4 Å². The molecule has 2 amide bonds. The zero-order valence-electron chi connectivity index (χ0n) is 25.8. The third-order valence-electron chi connectivity index (χ3n) is 7.01. The minimum atomic E-state index is -4.17. The van der Waals surface area contributed by atoms with Crippen molar-refractivity contribution in [2.45, 2.75) is 83.8 Å². The fourth-order valence-corrected chi connectivity index (χ4v) is 6.55. The van der Waals surface area contributed by atoms with Crippen molar-refractivity contribution in [3.8, 4) is 0 Å². The van der Waals surface area contributed by atoms with Crippen molar-refractivity contribution in [3.63, 3.8) is 0 Å². The smallest absolute Gasteiger partial charge is 0.264 e. The summed E-state index contributed by atoms with van der Waals surface area (Å²) in [6, 6.07) is 17.7. The van der Waals surface area contributed by atoms with Gasteiger partial charge in [0.25, 0.3) is 10.0 Å². The van der Waals surface area contributed by atoms with Gasteiger partial charge in [0.1, 0.15) is 12.6 Å². The van der Waals surface area contributed by atoms with E-state index in [0.717, 1.165) is 15.4 Å². The fourth-order valence-electron chi connectivity index (χ4n) is 4.62. The number of sulfonamides is 1. The first-order valence-corrected chi connectivity index (χ1v) is 16.5. The van der Waals surface area contributed by atoms with Crippen LogP contribution in [0.2, 0.25) is 10.0 Å². The van der Waals surface area contributed by atoms with Crippen LogP contribution in [0.4, 0.5) is 5.69 Å². The second kappa shape index (κ2) is 14.1. The fraction of sp³-hybridized carbons (Fsp3) is 0.394. The van der Waals surface area contributed by atoms with Crippen molar-refractivity contribution in [1.82, 2.24) is 10.2 Å². The molecule has 232 valence electrons. The number of carbonyl (C=O) groups excluding carboxylic acids is 2. The summed E-state index contributed by atoms with van der Waals surface area (Å²) < 4.78 is 29.3. The van der Waals surface area contributed by atoms with Gasteiger partial charge in [-0.1, -0.05) is 79.9 Å². The number of amides is 2. The highest BCUT2D eigenvalue weighted by molar-refractivity contribution is 7.92. The van der Waals surface area contributed by atoms with E-state index in [9.17, 15) is 18.0 Å². The molecule has 0 saturated heterocycles. The van der Waals surface area contributed by atoms with Crippen LogP contribution in [-0.2, 0) is 26.2 Å². The molecule has 3 aromatic rings. The van der Waals surface area contributed by atoms with Gasteiger partial charge in [-0.05, 0) is 82.0 Å². The summed E-state index contributed by atoms with van der Waals surface area (Å²) in [5.74, 6) is -0.698. The van der Waals surface area contributed by atoms with Crippen molar-refractivity contribution in [2.24, 2.45) is 0 Å². The predicted molar refractivity (Wildman–Crippen MR) is 175 cm³/mol. The summed E-state index contributed by atoms with van der Waals surface area (Å²) >= 11 is 13.0. The van der Waals surface area contributed by atoms with Gasteiger partial charge in [0, 0.05) is 27.7 Å². The maximum Gasteiger partial charge on any atom is 0.264 e. The molecule has 1 N–H and O–H groups in total. The van der Waals surface area contributed by atoms with Crippen LogP contribution in [0.25, 0.3) is 0 Å². The summed E-state index contributed by atoms with van der Waals surface area (Å²) in [5, 5.41) is 3.63. The molecule has 43 heavy (non-hydrogen) atoms. The maximum absolute atomic E-state index is 14.3.